The molecule has 0 saturated carbocycles. The lowest BCUT2D eigenvalue weighted by atomic mass is 10.2. The predicted molar refractivity (Wildman–Crippen MR) is 88.5 cm³/mol. The van der Waals surface area contributed by atoms with Gasteiger partial charge < -0.3 is 4.74 Å². The molecule has 1 aliphatic rings. The van der Waals surface area contributed by atoms with Crippen LogP contribution in [-0.4, -0.2) is 26.9 Å². The zero-order valence-corrected chi connectivity index (χ0v) is 14.5. The largest absolute Gasteiger partial charge is 0.478 e. The smallest absolute Gasteiger partial charge is 0.265 e. The van der Waals surface area contributed by atoms with E-state index in [0.717, 1.165) is 12.1 Å². The normalized spacial score (nSPS) is 13.9. The molecule has 0 N–H and O–H groups in total. The summed E-state index contributed by atoms with van der Waals surface area (Å²) in [6, 6.07) is 1.82. The van der Waals surface area contributed by atoms with E-state index in [2.05, 4.69) is 25.9 Å². The van der Waals surface area contributed by atoms with Gasteiger partial charge in [-0.3, -0.25) is 14.1 Å². The minimum absolute atomic E-state index is 0.0659. The second-order valence-electron chi connectivity index (χ2n) is 5.59. The fourth-order valence-electron chi connectivity index (χ4n) is 2.85. The van der Waals surface area contributed by atoms with Crippen LogP contribution in [0.15, 0.2) is 29.1 Å². The van der Waals surface area contributed by atoms with Gasteiger partial charge in [-0.05, 0) is 22.9 Å². The summed E-state index contributed by atoms with van der Waals surface area (Å²) in [5.74, 6) is -2.13. The number of hydrogen-bond donors (Lipinski definition) is 0. The van der Waals surface area contributed by atoms with Gasteiger partial charge in [0.15, 0.2) is 23.8 Å². The molecular weight excluding hydrogens is 398 g/mol. The van der Waals surface area contributed by atoms with Gasteiger partial charge in [-0.25, -0.2) is 18.7 Å². The van der Waals surface area contributed by atoms with E-state index >= 15 is 0 Å². The molecule has 0 bridgehead atoms. The first-order valence-electron chi connectivity index (χ1n) is 7.35. The first kappa shape index (κ1) is 15.9. The molecule has 1 aliphatic heterocycles. The van der Waals surface area contributed by atoms with Crippen molar-refractivity contribution in [2.24, 2.45) is 0 Å². The highest BCUT2D eigenvalue weighted by atomic mass is 79.9. The summed E-state index contributed by atoms with van der Waals surface area (Å²) in [7, 11) is 0. The number of carbonyl (C=O) groups excluding carboxylic acids is 1. The quantitative estimate of drug-likeness (QED) is 0.653. The third kappa shape index (κ3) is 2.64. The van der Waals surface area contributed by atoms with Crippen molar-refractivity contribution in [3.63, 3.8) is 0 Å². The van der Waals surface area contributed by atoms with Gasteiger partial charge in [0.1, 0.15) is 10.4 Å². The molecule has 0 saturated heterocycles. The Hall–Kier alpha value is -2.55. The molecule has 25 heavy (non-hydrogen) atoms. The molecule has 4 rings (SSSR count). The van der Waals surface area contributed by atoms with E-state index in [0.29, 0.717) is 21.6 Å². The van der Waals surface area contributed by atoms with Crippen LogP contribution in [0.2, 0.25) is 0 Å². The van der Waals surface area contributed by atoms with Crippen LogP contribution < -0.4 is 9.64 Å². The summed E-state index contributed by atoms with van der Waals surface area (Å²) < 4.78 is 35.1. The van der Waals surface area contributed by atoms with Crippen LogP contribution in [0.5, 0.6) is 5.75 Å². The molecule has 1 amide bonds. The topological polar surface area (TPSA) is 59.7 Å². The van der Waals surface area contributed by atoms with Gasteiger partial charge in [0.2, 0.25) is 0 Å². The zero-order valence-electron chi connectivity index (χ0n) is 13.0. The molecule has 1 aromatic carbocycles. The lowest BCUT2D eigenvalue weighted by Crippen LogP contribution is -2.39. The van der Waals surface area contributed by atoms with Crippen molar-refractivity contribution in [3.05, 3.63) is 52.2 Å². The van der Waals surface area contributed by atoms with Crippen molar-refractivity contribution in [2.45, 2.75) is 13.5 Å². The molecule has 3 heterocycles. The Balaban J connectivity index is 1.83. The number of imidazole rings is 1. The van der Waals surface area contributed by atoms with E-state index in [1.165, 1.54) is 4.90 Å². The van der Waals surface area contributed by atoms with Crippen LogP contribution in [0.1, 0.15) is 11.4 Å². The molecule has 6 nitrogen and oxygen atoms in total. The van der Waals surface area contributed by atoms with Gasteiger partial charge in [-0.15, -0.1) is 0 Å². The fourth-order valence-corrected chi connectivity index (χ4v) is 3.15. The number of nitrogens with zero attached hydrogens (tertiary/aromatic N) is 4. The molecule has 2 aromatic heterocycles. The number of halogens is 3. The molecule has 0 atom stereocenters. The number of rotatable bonds is 2. The summed E-state index contributed by atoms with van der Waals surface area (Å²) >= 11 is 3.30. The average molecular weight is 409 g/mol. The molecule has 0 unspecified atom stereocenters. The Morgan fingerprint density at radius 2 is 2.16 bits per heavy atom. The Labute approximate surface area is 149 Å². The maximum atomic E-state index is 14.0. The van der Waals surface area contributed by atoms with Crippen LogP contribution in [0.3, 0.4) is 0 Å². The number of aryl methyl sites for hydroxylation is 1. The van der Waals surface area contributed by atoms with E-state index < -0.39 is 11.6 Å². The van der Waals surface area contributed by atoms with Crippen molar-refractivity contribution < 1.29 is 18.3 Å². The number of fused-ring (bicyclic) bond motifs is 2. The zero-order chi connectivity index (χ0) is 17.7. The van der Waals surface area contributed by atoms with Gasteiger partial charge in [0.05, 0.1) is 29.8 Å². The second-order valence-corrected chi connectivity index (χ2v) is 6.40. The highest BCUT2D eigenvalue weighted by molar-refractivity contribution is 9.10. The molecule has 0 aliphatic carbocycles. The van der Waals surface area contributed by atoms with E-state index in [-0.39, 0.29) is 30.5 Å². The molecule has 0 radical (unpaired) electrons. The number of anilines is 1. The minimum atomic E-state index is -0.839. The Morgan fingerprint density at radius 1 is 1.36 bits per heavy atom. The van der Waals surface area contributed by atoms with Gasteiger partial charge in [-0.2, -0.15) is 0 Å². The first-order chi connectivity index (χ1) is 11.9. The Kier molecular flexibility index (Phi) is 3.68. The van der Waals surface area contributed by atoms with E-state index in [4.69, 9.17) is 4.74 Å². The summed E-state index contributed by atoms with van der Waals surface area (Å²) in [6.45, 7) is 1.59. The van der Waals surface area contributed by atoms with Gasteiger partial charge in [0, 0.05) is 18.3 Å². The highest BCUT2D eigenvalue weighted by Crippen LogP contribution is 2.36. The van der Waals surface area contributed by atoms with E-state index in [1.807, 2.05) is 0 Å². The Morgan fingerprint density at radius 3 is 2.96 bits per heavy atom. The molecule has 128 valence electrons. The lowest BCUT2D eigenvalue weighted by molar-refractivity contribution is -0.121. The molecule has 9 heteroatoms. The number of carbonyl (C=O) groups is 1. The predicted octanol–water partition coefficient (Wildman–Crippen LogP) is 3.00. The van der Waals surface area contributed by atoms with Crippen LogP contribution in [-0.2, 0) is 11.3 Å². The summed E-state index contributed by atoms with van der Waals surface area (Å²) in [5, 5.41) is 0. The molecular formula is C16H11BrF2N4O2. The second kappa shape index (κ2) is 5.76. The SMILES string of the molecule is Cc1nc2cnc(Br)cn2c1CN1C(=O)COc2c(F)cc(F)cc21. The number of hydrogen-bond acceptors (Lipinski definition) is 4. The monoisotopic (exact) mass is 408 g/mol. The van der Waals surface area contributed by atoms with Crippen LogP contribution in [0.4, 0.5) is 14.5 Å². The van der Waals surface area contributed by atoms with Gasteiger partial charge in [-0.1, -0.05) is 0 Å². The number of benzene rings is 1. The molecule has 0 fully saturated rings. The third-order valence-electron chi connectivity index (χ3n) is 4.00. The van der Waals surface area contributed by atoms with Crippen molar-refractivity contribution >= 4 is 33.2 Å². The van der Waals surface area contributed by atoms with Crippen molar-refractivity contribution in [1.82, 2.24) is 14.4 Å². The van der Waals surface area contributed by atoms with Gasteiger partial charge in [0.25, 0.3) is 5.91 Å². The van der Waals surface area contributed by atoms with Crippen molar-refractivity contribution in [1.29, 1.82) is 0 Å². The van der Waals surface area contributed by atoms with Crippen molar-refractivity contribution in [3.8, 4) is 5.75 Å². The van der Waals surface area contributed by atoms with Crippen LogP contribution >= 0.6 is 15.9 Å². The summed E-state index contributed by atoms with van der Waals surface area (Å²) in [6.07, 6.45) is 3.32. The maximum absolute atomic E-state index is 14.0. The fraction of sp³-hybridized carbons (Fsp3) is 0.188. The number of amides is 1. The van der Waals surface area contributed by atoms with Crippen LogP contribution in [0, 0.1) is 18.6 Å². The maximum Gasteiger partial charge on any atom is 0.265 e. The van der Waals surface area contributed by atoms with Crippen LogP contribution in [0.25, 0.3) is 5.65 Å². The summed E-state index contributed by atoms with van der Waals surface area (Å²) in [4.78, 5) is 22.1. The number of aromatic nitrogens is 3. The molecule has 0 spiro atoms. The Bertz CT molecular complexity index is 1020. The lowest BCUT2D eigenvalue weighted by Gasteiger charge is -2.29. The average Bonchev–Trinajstić information content (AvgIpc) is 2.85. The van der Waals surface area contributed by atoms with Crippen molar-refractivity contribution in [2.75, 3.05) is 11.5 Å². The standard InChI is InChI=1S/C16H11BrF2N4O2/c1-8-12(22-6-13(17)20-4-14(22)21-8)5-23-11-3-9(18)2-10(19)16(11)25-7-15(23)24/h2-4,6H,5,7H2,1H3. The highest BCUT2D eigenvalue weighted by Gasteiger charge is 2.30. The number of ether oxygens (including phenoxy) is 1. The first-order valence-corrected chi connectivity index (χ1v) is 8.14. The summed E-state index contributed by atoms with van der Waals surface area (Å²) in [5.41, 5.74) is 2.08. The third-order valence-corrected chi connectivity index (χ3v) is 4.41. The molecule has 3 aromatic rings. The van der Waals surface area contributed by atoms with Gasteiger partial charge >= 0.3 is 0 Å². The van der Waals surface area contributed by atoms with E-state index in [1.54, 1.807) is 23.7 Å². The van der Waals surface area contributed by atoms with E-state index in [9.17, 15) is 13.6 Å². The minimum Gasteiger partial charge on any atom is -0.478 e.